The molecule has 0 spiro atoms. The average Bonchev–Trinajstić information content (AvgIpc) is 2.98. The predicted molar refractivity (Wildman–Crippen MR) is 58.2 cm³/mol. The molecule has 2 rings (SSSR count). The molecule has 0 aromatic carbocycles. The third-order valence-corrected chi connectivity index (χ3v) is 4.08. The van der Waals surface area contributed by atoms with Gasteiger partial charge in [-0.1, -0.05) is 6.92 Å². The van der Waals surface area contributed by atoms with Crippen LogP contribution in [0.1, 0.15) is 46.0 Å². The van der Waals surface area contributed by atoms with Gasteiger partial charge in [-0.2, -0.15) is 0 Å². The van der Waals surface area contributed by atoms with Crippen molar-refractivity contribution >= 4 is 0 Å². The minimum absolute atomic E-state index is 0.514. The van der Waals surface area contributed by atoms with Crippen molar-refractivity contribution in [2.75, 3.05) is 13.1 Å². The van der Waals surface area contributed by atoms with E-state index in [2.05, 4.69) is 5.32 Å². The zero-order chi connectivity index (χ0) is 10.2. The Labute approximate surface area is 87.1 Å². The van der Waals surface area contributed by atoms with Gasteiger partial charge < -0.3 is 10.4 Å². The molecule has 1 unspecified atom stereocenters. The smallest absolute Gasteiger partial charge is 0.0740 e. The lowest BCUT2D eigenvalue weighted by atomic mass is 9.99. The molecular weight excluding hydrogens is 174 g/mol. The Morgan fingerprint density at radius 2 is 2.07 bits per heavy atom. The second-order valence-electron chi connectivity index (χ2n) is 5.59. The van der Waals surface area contributed by atoms with E-state index in [4.69, 9.17) is 0 Å². The summed E-state index contributed by atoms with van der Waals surface area (Å²) in [6, 6.07) is 0. The summed E-state index contributed by atoms with van der Waals surface area (Å²) in [7, 11) is 0. The maximum absolute atomic E-state index is 9.83. The van der Waals surface area contributed by atoms with Crippen LogP contribution in [0.2, 0.25) is 0 Å². The van der Waals surface area contributed by atoms with Gasteiger partial charge in [0.1, 0.15) is 0 Å². The minimum atomic E-state index is -0.514. The summed E-state index contributed by atoms with van der Waals surface area (Å²) in [6.07, 6.45) is 6.56. The lowest BCUT2D eigenvalue weighted by molar-refractivity contribution is 0.0542. The van der Waals surface area contributed by atoms with E-state index in [0.717, 1.165) is 25.4 Å². The van der Waals surface area contributed by atoms with Gasteiger partial charge in [0.25, 0.3) is 0 Å². The molecule has 2 aliphatic carbocycles. The van der Waals surface area contributed by atoms with Gasteiger partial charge in [-0.25, -0.2) is 0 Å². The molecule has 2 nitrogen and oxygen atoms in total. The highest BCUT2D eigenvalue weighted by Gasteiger charge is 2.53. The Morgan fingerprint density at radius 1 is 1.43 bits per heavy atom. The summed E-state index contributed by atoms with van der Waals surface area (Å²) in [4.78, 5) is 0. The fourth-order valence-corrected chi connectivity index (χ4v) is 2.29. The second-order valence-corrected chi connectivity index (χ2v) is 5.59. The first-order chi connectivity index (χ1) is 6.58. The topological polar surface area (TPSA) is 32.3 Å². The molecule has 2 N–H and O–H groups in total. The zero-order valence-corrected chi connectivity index (χ0v) is 9.47. The molecule has 0 amide bonds. The van der Waals surface area contributed by atoms with E-state index in [0.29, 0.717) is 5.41 Å². The molecule has 82 valence electrons. The molecular formula is C12H23NO. The highest BCUT2D eigenvalue weighted by Crippen LogP contribution is 2.60. The van der Waals surface area contributed by atoms with Gasteiger partial charge in [-0.3, -0.25) is 0 Å². The SMILES string of the molecule is CCC(C)(O)CNCC1(C2CC2)CC1. The van der Waals surface area contributed by atoms with Gasteiger partial charge in [0.05, 0.1) is 5.60 Å². The van der Waals surface area contributed by atoms with Crippen LogP contribution in [0.4, 0.5) is 0 Å². The number of hydrogen-bond donors (Lipinski definition) is 2. The molecule has 2 aliphatic rings. The highest BCUT2D eigenvalue weighted by molar-refractivity contribution is 5.05. The maximum atomic E-state index is 9.83. The molecule has 0 saturated heterocycles. The molecule has 0 aliphatic heterocycles. The monoisotopic (exact) mass is 197 g/mol. The Kier molecular flexibility index (Phi) is 2.61. The average molecular weight is 197 g/mol. The summed E-state index contributed by atoms with van der Waals surface area (Å²) >= 11 is 0. The fourth-order valence-electron chi connectivity index (χ4n) is 2.29. The lowest BCUT2D eigenvalue weighted by Gasteiger charge is -2.24. The van der Waals surface area contributed by atoms with Crippen molar-refractivity contribution in [1.82, 2.24) is 5.32 Å². The lowest BCUT2D eigenvalue weighted by Crippen LogP contribution is -2.39. The van der Waals surface area contributed by atoms with Gasteiger partial charge in [0.15, 0.2) is 0 Å². The minimum Gasteiger partial charge on any atom is -0.389 e. The normalized spacial score (nSPS) is 28.5. The van der Waals surface area contributed by atoms with Crippen molar-refractivity contribution in [3.63, 3.8) is 0 Å². The van der Waals surface area contributed by atoms with E-state index in [1.807, 2.05) is 13.8 Å². The Hall–Kier alpha value is -0.0800. The van der Waals surface area contributed by atoms with Gasteiger partial charge in [0.2, 0.25) is 0 Å². The van der Waals surface area contributed by atoms with Crippen LogP contribution in [0.25, 0.3) is 0 Å². The Bertz CT molecular complexity index is 204. The van der Waals surface area contributed by atoms with Crippen LogP contribution in [0.5, 0.6) is 0 Å². The van der Waals surface area contributed by atoms with E-state index in [-0.39, 0.29) is 0 Å². The standard InChI is InChI=1S/C12H23NO/c1-3-11(2,14)8-13-9-12(6-7-12)10-4-5-10/h10,13-14H,3-9H2,1-2H3. The van der Waals surface area contributed by atoms with Crippen LogP contribution in [0.3, 0.4) is 0 Å². The number of hydrogen-bond acceptors (Lipinski definition) is 2. The van der Waals surface area contributed by atoms with Crippen LogP contribution in [-0.4, -0.2) is 23.8 Å². The number of nitrogens with one attached hydrogen (secondary N) is 1. The molecule has 0 bridgehead atoms. The third-order valence-electron chi connectivity index (χ3n) is 4.08. The van der Waals surface area contributed by atoms with Crippen molar-refractivity contribution in [2.24, 2.45) is 11.3 Å². The second kappa shape index (κ2) is 3.49. The highest BCUT2D eigenvalue weighted by atomic mass is 16.3. The summed E-state index contributed by atoms with van der Waals surface area (Å²) in [5.74, 6) is 1.02. The van der Waals surface area contributed by atoms with Crippen molar-refractivity contribution in [2.45, 2.75) is 51.6 Å². The molecule has 0 heterocycles. The van der Waals surface area contributed by atoms with Crippen LogP contribution < -0.4 is 5.32 Å². The first kappa shape index (κ1) is 10.4. The van der Waals surface area contributed by atoms with Gasteiger partial charge >= 0.3 is 0 Å². The summed E-state index contributed by atoms with van der Waals surface area (Å²) in [5.41, 5.74) is 0.142. The Balaban J connectivity index is 1.67. The van der Waals surface area contributed by atoms with Gasteiger partial charge in [-0.05, 0) is 50.4 Å². The quantitative estimate of drug-likeness (QED) is 0.682. The van der Waals surface area contributed by atoms with E-state index < -0.39 is 5.60 Å². The van der Waals surface area contributed by atoms with Crippen molar-refractivity contribution in [1.29, 1.82) is 0 Å². The van der Waals surface area contributed by atoms with E-state index >= 15 is 0 Å². The fraction of sp³-hybridized carbons (Fsp3) is 1.00. The molecule has 2 saturated carbocycles. The molecule has 1 atom stereocenters. The first-order valence-electron chi connectivity index (χ1n) is 6.01. The van der Waals surface area contributed by atoms with Crippen LogP contribution in [0.15, 0.2) is 0 Å². The zero-order valence-electron chi connectivity index (χ0n) is 9.47. The maximum Gasteiger partial charge on any atom is 0.0740 e. The summed E-state index contributed by atoms with van der Waals surface area (Å²) < 4.78 is 0. The van der Waals surface area contributed by atoms with E-state index in [9.17, 15) is 5.11 Å². The molecule has 14 heavy (non-hydrogen) atoms. The van der Waals surface area contributed by atoms with Crippen molar-refractivity contribution in [3.05, 3.63) is 0 Å². The van der Waals surface area contributed by atoms with Gasteiger partial charge in [0, 0.05) is 13.1 Å². The first-order valence-corrected chi connectivity index (χ1v) is 6.01. The van der Waals surface area contributed by atoms with Crippen LogP contribution >= 0.6 is 0 Å². The van der Waals surface area contributed by atoms with Crippen molar-refractivity contribution < 1.29 is 5.11 Å². The van der Waals surface area contributed by atoms with Gasteiger partial charge in [-0.15, -0.1) is 0 Å². The molecule has 0 aromatic rings. The number of aliphatic hydroxyl groups is 1. The molecule has 2 heteroatoms. The largest absolute Gasteiger partial charge is 0.389 e. The third kappa shape index (κ3) is 2.29. The number of rotatable bonds is 6. The van der Waals surface area contributed by atoms with E-state index in [1.54, 1.807) is 0 Å². The van der Waals surface area contributed by atoms with Crippen LogP contribution in [0, 0.1) is 11.3 Å². The summed E-state index contributed by atoms with van der Waals surface area (Å²) in [5, 5.41) is 13.3. The molecule has 0 radical (unpaired) electrons. The van der Waals surface area contributed by atoms with Crippen LogP contribution in [-0.2, 0) is 0 Å². The predicted octanol–water partition coefficient (Wildman–Crippen LogP) is 1.93. The summed E-state index contributed by atoms with van der Waals surface area (Å²) in [6.45, 7) is 5.83. The Morgan fingerprint density at radius 3 is 2.50 bits per heavy atom. The molecule has 0 aromatic heterocycles. The van der Waals surface area contributed by atoms with Crippen molar-refractivity contribution in [3.8, 4) is 0 Å². The molecule has 2 fully saturated rings. The van der Waals surface area contributed by atoms with E-state index in [1.165, 1.54) is 25.7 Å².